The zero-order chi connectivity index (χ0) is 9.68. The van der Waals surface area contributed by atoms with Crippen molar-refractivity contribution in [3.05, 3.63) is 17.5 Å². The number of nitrogen functional groups attached to an aromatic ring is 1. The van der Waals surface area contributed by atoms with Gasteiger partial charge in [0.25, 0.3) is 5.91 Å². The third-order valence-electron chi connectivity index (χ3n) is 1.37. The first-order valence-corrected chi connectivity index (χ1v) is 4.97. The summed E-state index contributed by atoms with van der Waals surface area (Å²) in [5, 5.41) is 3.56. The molecule has 3 N–H and O–H groups in total. The molecule has 6 heteroatoms. The molecule has 13 heavy (non-hydrogen) atoms. The molecule has 0 radical (unpaired) electrons. The minimum Gasteiger partial charge on any atom is -0.360 e. The highest BCUT2D eigenvalue weighted by atomic mass is 32.2. The van der Waals surface area contributed by atoms with E-state index in [0.717, 1.165) is 11.5 Å². The number of carbonyl (C=O) groups excluding carboxylic acids is 1. The fraction of sp³-hybridized carbons (Fsp3) is 0.429. The summed E-state index contributed by atoms with van der Waals surface area (Å²) in [6, 6.07) is 1.59. The number of hydrogen-bond acceptors (Lipinski definition) is 5. The number of carbonyl (C=O) groups is 1. The summed E-state index contributed by atoms with van der Waals surface area (Å²) in [7, 11) is 0. The van der Waals surface area contributed by atoms with Gasteiger partial charge in [-0.2, -0.15) is 11.8 Å². The van der Waals surface area contributed by atoms with E-state index in [0.29, 0.717) is 5.76 Å². The Balaban J connectivity index is 2.58. The van der Waals surface area contributed by atoms with Crippen LogP contribution in [0.2, 0.25) is 0 Å². The molecule has 0 saturated carbocycles. The van der Waals surface area contributed by atoms with Gasteiger partial charge in [0.15, 0.2) is 5.69 Å². The second kappa shape index (κ2) is 4.88. The van der Waals surface area contributed by atoms with Crippen LogP contribution >= 0.6 is 11.8 Å². The summed E-state index contributed by atoms with van der Waals surface area (Å²) in [6.45, 7) is 2.05. The molecule has 1 heterocycles. The average molecular weight is 201 g/mol. The zero-order valence-electron chi connectivity index (χ0n) is 7.24. The number of hydrogen-bond donors (Lipinski definition) is 2. The summed E-state index contributed by atoms with van der Waals surface area (Å²) in [6.07, 6.45) is 0. The van der Waals surface area contributed by atoms with Gasteiger partial charge in [-0.05, 0) is 5.75 Å². The number of nitrogens with one attached hydrogen (secondary N) is 1. The Kier molecular flexibility index (Phi) is 3.78. The molecule has 1 amide bonds. The van der Waals surface area contributed by atoms with Gasteiger partial charge in [0.1, 0.15) is 5.76 Å². The van der Waals surface area contributed by atoms with Gasteiger partial charge in [0.2, 0.25) is 0 Å². The normalized spacial score (nSPS) is 10.0. The lowest BCUT2D eigenvalue weighted by Gasteiger charge is -1.90. The average Bonchev–Trinajstić information content (AvgIpc) is 2.62. The van der Waals surface area contributed by atoms with Crippen molar-refractivity contribution in [2.75, 3.05) is 5.75 Å². The summed E-state index contributed by atoms with van der Waals surface area (Å²) in [5.41, 5.74) is 2.20. The number of amides is 1. The Labute approximate surface area is 80.0 Å². The van der Waals surface area contributed by atoms with Crippen molar-refractivity contribution < 1.29 is 9.32 Å². The molecule has 0 saturated heterocycles. The van der Waals surface area contributed by atoms with Gasteiger partial charge in [0.05, 0.1) is 5.75 Å². The zero-order valence-corrected chi connectivity index (χ0v) is 8.06. The molecular weight excluding hydrogens is 190 g/mol. The predicted molar refractivity (Wildman–Crippen MR) is 50.0 cm³/mol. The molecule has 0 bridgehead atoms. The third-order valence-corrected chi connectivity index (χ3v) is 2.27. The molecule has 5 nitrogen and oxygen atoms in total. The monoisotopic (exact) mass is 201 g/mol. The van der Waals surface area contributed by atoms with E-state index in [4.69, 9.17) is 10.4 Å². The largest absolute Gasteiger partial charge is 0.360 e. The number of nitrogens with zero attached hydrogens (tertiary/aromatic N) is 1. The molecule has 72 valence electrons. The standard InChI is InChI=1S/C7H11N3O2S/c1-2-13-4-5-3-6(10-12-5)7(11)9-8/h3H,2,4,8H2,1H3,(H,9,11). The fourth-order valence-electron chi connectivity index (χ4n) is 0.765. The SMILES string of the molecule is CCSCc1cc(C(=O)NN)no1. The van der Waals surface area contributed by atoms with E-state index in [9.17, 15) is 4.79 Å². The van der Waals surface area contributed by atoms with Crippen LogP contribution in [0.1, 0.15) is 23.2 Å². The van der Waals surface area contributed by atoms with Crippen LogP contribution in [0.4, 0.5) is 0 Å². The number of rotatable bonds is 4. The Morgan fingerprint density at radius 1 is 1.85 bits per heavy atom. The highest BCUT2D eigenvalue weighted by Crippen LogP contribution is 2.12. The van der Waals surface area contributed by atoms with E-state index in [1.165, 1.54) is 0 Å². The lowest BCUT2D eigenvalue weighted by molar-refractivity contribution is 0.0944. The number of hydrazine groups is 1. The van der Waals surface area contributed by atoms with E-state index < -0.39 is 5.91 Å². The van der Waals surface area contributed by atoms with Crippen molar-refractivity contribution >= 4 is 17.7 Å². The molecule has 0 aliphatic carbocycles. The van der Waals surface area contributed by atoms with Gasteiger partial charge in [-0.25, -0.2) is 5.84 Å². The molecule has 1 aromatic heterocycles. The smallest absolute Gasteiger partial charge is 0.287 e. The summed E-state index contributed by atoms with van der Waals surface area (Å²) < 4.78 is 4.90. The van der Waals surface area contributed by atoms with Gasteiger partial charge in [0, 0.05) is 6.07 Å². The van der Waals surface area contributed by atoms with Gasteiger partial charge < -0.3 is 4.52 Å². The molecule has 1 aromatic rings. The fourth-order valence-corrected chi connectivity index (χ4v) is 1.31. The van der Waals surface area contributed by atoms with Crippen LogP contribution < -0.4 is 11.3 Å². The summed E-state index contributed by atoms with van der Waals surface area (Å²) in [5.74, 6) is 6.90. The quantitative estimate of drug-likeness (QED) is 0.422. The van der Waals surface area contributed by atoms with Gasteiger partial charge in [-0.1, -0.05) is 12.1 Å². The first-order chi connectivity index (χ1) is 6.27. The van der Waals surface area contributed by atoms with E-state index >= 15 is 0 Å². The van der Waals surface area contributed by atoms with Gasteiger partial charge in [-0.15, -0.1) is 0 Å². The van der Waals surface area contributed by atoms with E-state index in [2.05, 4.69) is 12.1 Å². The predicted octanol–water partition coefficient (Wildman–Crippen LogP) is 0.531. The molecule has 0 atom stereocenters. The molecule has 0 aliphatic heterocycles. The molecular formula is C7H11N3O2S. The number of nitrogens with two attached hydrogens (primary N) is 1. The van der Waals surface area contributed by atoms with Crippen LogP contribution in [-0.2, 0) is 5.75 Å². The Hall–Kier alpha value is -1.01. The summed E-state index contributed by atoms with van der Waals surface area (Å²) in [4.78, 5) is 10.9. The first-order valence-electron chi connectivity index (χ1n) is 3.82. The second-order valence-corrected chi connectivity index (χ2v) is 3.56. The van der Waals surface area contributed by atoms with E-state index in [-0.39, 0.29) is 5.69 Å². The highest BCUT2D eigenvalue weighted by Gasteiger charge is 2.10. The molecule has 0 aliphatic rings. The Morgan fingerprint density at radius 2 is 2.62 bits per heavy atom. The van der Waals surface area contributed by atoms with E-state index in [1.54, 1.807) is 17.8 Å². The maximum atomic E-state index is 10.9. The van der Waals surface area contributed by atoms with Crippen molar-refractivity contribution in [3.8, 4) is 0 Å². The van der Waals surface area contributed by atoms with Crippen LogP contribution in [0.25, 0.3) is 0 Å². The Bertz CT molecular complexity index is 287. The van der Waals surface area contributed by atoms with Gasteiger partial charge in [-0.3, -0.25) is 10.2 Å². The van der Waals surface area contributed by atoms with Crippen molar-refractivity contribution in [3.63, 3.8) is 0 Å². The first kappa shape index (κ1) is 10.1. The van der Waals surface area contributed by atoms with Crippen LogP contribution in [0.5, 0.6) is 0 Å². The Morgan fingerprint density at radius 3 is 3.23 bits per heavy atom. The molecule has 0 aromatic carbocycles. The van der Waals surface area contributed by atoms with Gasteiger partial charge >= 0.3 is 0 Å². The number of aromatic nitrogens is 1. The van der Waals surface area contributed by atoms with Crippen LogP contribution in [0, 0.1) is 0 Å². The van der Waals surface area contributed by atoms with Crippen molar-refractivity contribution in [1.82, 2.24) is 10.6 Å². The van der Waals surface area contributed by atoms with Crippen molar-refractivity contribution in [2.45, 2.75) is 12.7 Å². The lowest BCUT2D eigenvalue weighted by atomic mass is 10.4. The van der Waals surface area contributed by atoms with Crippen LogP contribution in [0.15, 0.2) is 10.6 Å². The van der Waals surface area contributed by atoms with Crippen molar-refractivity contribution in [2.24, 2.45) is 5.84 Å². The van der Waals surface area contributed by atoms with Crippen molar-refractivity contribution in [1.29, 1.82) is 0 Å². The minimum absolute atomic E-state index is 0.217. The topological polar surface area (TPSA) is 81.2 Å². The summed E-state index contributed by atoms with van der Waals surface area (Å²) >= 11 is 1.70. The maximum absolute atomic E-state index is 10.9. The van der Waals surface area contributed by atoms with Crippen LogP contribution in [0.3, 0.4) is 0 Å². The second-order valence-electron chi connectivity index (χ2n) is 2.29. The van der Waals surface area contributed by atoms with Crippen LogP contribution in [-0.4, -0.2) is 16.8 Å². The molecule has 0 unspecified atom stereocenters. The molecule has 0 fully saturated rings. The molecule has 1 rings (SSSR count). The highest BCUT2D eigenvalue weighted by molar-refractivity contribution is 7.98. The number of thioether (sulfide) groups is 1. The third kappa shape index (κ3) is 2.74. The minimum atomic E-state index is -0.434. The maximum Gasteiger partial charge on any atom is 0.287 e. The lowest BCUT2D eigenvalue weighted by Crippen LogP contribution is -2.30. The molecule has 0 spiro atoms. The van der Waals surface area contributed by atoms with E-state index in [1.807, 2.05) is 5.43 Å².